The van der Waals surface area contributed by atoms with E-state index >= 15 is 0 Å². The fourth-order valence-electron chi connectivity index (χ4n) is 1.48. The lowest BCUT2D eigenvalue weighted by Gasteiger charge is -1.96. The molecule has 0 aliphatic heterocycles. The Morgan fingerprint density at radius 2 is 1.19 bits per heavy atom. The maximum absolute atomic E-state index is 4.40. The Morgan fingerprint density at radius 1 is 0.750 bits per heavy atom. The maximum atomic E-state index is 4.40. The molecule has 0 atom stereocenters. The molecule has 0 aromatic carbocycles. The van der Waals surface area contributed by atoms with Crippen LogP contribution in [0.3, 0.4) is 0 Å². The fraction of sp³-hybridized carbons (Fsp3) is 0.143. The SMILES string of the molecule is Cc1cccc(/C=C/c2cccc(C)n2)n1. The van der Waals surface area contributed by atoms with E-state index in [1.54, 1.807) is 0 Å². The van der Waals surface area contributed by atoms with Crippen molar-refractivity contribution in [3.8, 4) is 0 Å². The molecule has 0 bridgehead atoms. The third-order valence-corrected chi connectivity index (χ3v) is 2.24. The van der Waals surface area contributed by atoms with E-state index in [0.717, 1.165) is 22.8 Å². The lowest BCUT2D eigenvalue weighted by Crippen LogP contribution is -1.85. The van der Waals surface area contributed by atoms with E-state index in [0.29, 0.717) is 0 Å². The van der Waals surface area contributed by atoms with Crippen molar-refractivity contribution < 1.29 is 0 Å². The molecule has 2 heteroatoms. The van der Waals surface area contributed by atoms with Crippen LogP contribution in [0.4, 0.5) is 0 Å². The smallest absolute Gasteiger partial charge is 0.0633 e. The van der Waals surface area contributed by atoms with Gasteiger partial charge in [0.25, 0.3) is 0 Å². The summed E-state index contributed by atoms with van der Waals surface area (Å²) < 4.78 is 0. The van der Waals surface area contributed by atoms with Gasteiger partial charge in [-0.15, -0.1) is 0 Å². The first-order chi connectivity index (χ1) is 7.74. The first kappa shape index (κ1) is 10.6. The highest BCUT2D eigenvalue weighted by atomic mass is 14.7. The zero-order valence-electron chi connectivity index (χ0n) is 9.51. The van der Waals surface area contributed by atoms with Crippen LogP contribution in [0, 0.1) is 13.8 Å². The summed E-state index contributed by atoms with van der Waals surface area (Å²) in [5.41, 5.74) is 3.98. The monoisotopic (exact) mass is 210 g/mol. The number of aromatic nitrogens is 2. The van der Waals surface area contributed by atoms with Gasteiger partial charge in [-0.05, 0) is 50.3 Å². The van der Waals surface area contributed by atoms with Gasteiger partial charge in [-0.3, -0.25) is 9.97 Å². The van der Waals surface area contributed by atoms with Crippen LogP contribution in [0.1, 0.15) is 22.8 Å². The molecule has 0 amide bonds. The van der Waals surface area contributed by atoms with Crippen molar-refractivity contribution in [1.29, 1.82) is 0 Å². The van der Waals surface area contributed by atoms with E-state index in [1.807, 2.05) is 62.4 Å². The zero-order valence-corrected chi connectivity index (χ0v) is 9.51. The number of hydrogen-bond acceptors (Lipinski definition) is 2. The Morgan fingerprint density at radius 3 is 1.56 bits per heavy atom. The van der Waals surface area contributed by atoms with E-state index in [9.17, 15) is 0 Å². The van der Waals surface area contributed by atoms with Gasteiger partial charge < -0.3 is 0 Å². The lowest BCUT2D eigenvalue weighted by molar-refractivity contribution is 1.17. The highest BCUT2D eigenvalue weighted by Crippen LogP contribution is 2.05. The molecular formula is C14H14N2. The molecule has 0 N–H and O–H groups in total. The molecule has 0 radical (unpaired) electrons. The second kappa shape index (κ2) is 4.71. The van der Waals surface area contributed by atoms with Crippen LogP contribution in [-0.2, 0) is 0 Å². The predicted octanol–water partition coefficient (Wildman–Crippen LogP) is 3.26. The number of rotatable bonds is 2. The molecule has 0 fully saturated rings. The summed E-state index contributed by atoms with van der Waals surface area (Å²) in [6.07, 6.45) is 3.96. The molecule has 0 aliphatic carbocycles. The normalized spacial score (nSPS) is 10.9. The van der Waals surface area contributed by atoms with Gasteiger partial charge in [-0.2, -0.15) is 0 Å². The molecule has 2 aromatic rings. The highest BCUT2D eigenvalue weighted by molar-refractivity contribution is 5.66. The molecule has 0 saturated heterocycles. The number of aryl methyl sites for hydroxylation is 2. The van der Waals surface area contributed by atoms with Gasteiger partial charge in [0.15, 0.2) is 0 Å². The number of pyridine rings is 2. The average Bonchev–Trinajstić information content (AvgIpc) is 2.27. The van der Waals surface area contributed by atoms with Gasteiger partial charge in [0.2, 0.25) is 0 Å². The van der Waals surface area contributed by atoms with Crippen LogP contribution < -0.4 is 0 Å². The van der Waals surface area contributed by atoms with Crippen molar-refractivity contribution in [3.05, 3.63) is 59.2 Å². The minimum Gasteiger partial charge on any atom is -0.254 e. The standard InChI is InChI=1S/C14H14N2/c1-11-5-3-7-13(15-11)9-10-14-8-4-6-12(2)16-14/h3-10H,1-2H3/b10-9+. The van der Waals surface area contributed by atoms with Crippen LogP contribution >= 0.6 is 0 Å². The maximum Gasteiger partial charge on any atom is 0.0633 e. The van der Waals surface area contributed by atoms with Crippen molar-refractivity contribution >= 4 is 12.2 Å². The Labute approximate surface area is 95.7 Å². The molecule has 0 unspecified atom stereocenters. The van der Waals surface area contributed by atoms with Crippen LogP contribution in [-0.4, -0.2) is 9.97 Å². The minimum atomic E-state index is 0.961. The molecule has 0 spiro atoms. The topological polar surface area (TPSA) is 25.8 Å². The first-order valence-electron chi connectivity index (χ1n) is 5.29. The third-order valence-electron chi connectivity index (χ3n) is 2.24. The molecule has 0 aliphatic rings. The molecule has 2 heterocycles. The van der Waals surface area contributed by atoms with Crippen molar-refractivity contribution in [3.63, 3.8) is 0 Å². The lowest BCUT2D eigenvalue weighted by atomic mass is 10.2. The summed E-state index contributed by atoms with van der Waals surface area (Å²) in [7, 11) is 0. The fourth-order valence-corrected chi connectivity index (χ4v) is 1.48. The summed E-state index contributed by atoms with van der Waals surface area (Å²) in [6.45, 7) is 3.98. The van der Waals surface area contributed by atoms with Crippen LogP contribution in [0.5, 0.6) is 0 Å². The molecule has 2 rings (SSSR count). The number of nitrogens with zero attached hydrogens (tertiary/aromatic N) is 2. The van der Waals surface area contributed by atoms with E-state index < -0.39 is 0 Å². The Balaban J connectivity index is 2.21. The summed E-state index contributed by atoms with van der Waals surface area (Å²) in [4.78, 5) is 8.79. The van der Waals surface area contributed by atoms with E-state index in [2.05, 4.69) is 9.97 Å². The van der Waals surface area contributed by atoms with Crippen LogP contribution in [0.25, 0.3) is 12.2 Å². The van der Waals surface area contributed by atoms with Gasteiger partial charge in [0.1, 0.15) is 0 Å². The second-order valence-corrected chi connectivity index (χ2v) is 3.74. The Hall–Kier alpha value is -1.96. The van der Waals surface area contributed by atoms with Gasteiger partial charge in [-0.25, -0.2) is 0 Å². The van der Waals surface area contributed by atoms with E-state index in [1.165, 1.54) is 0 Å². The molecule has 2 nitrogen and oxygen atoms in total. The molecule has 80 valence electrons. The highest BCUT2D eigenvalue weighted by Gasteiger charge is 1.91. The van der Waals surface area contributed by atoms with Crippen LogP contribution in [0.2, 0.25) is 0 Å². The van der Waals surface area contributed by atoms with E-state index in [-0.39, 0.29) is 0 Å². The molecular weight excluding hydrogens is 196 g/mol. The second-order valence-electron chi connectivity index (χ2n) is 3.74. The van der Waals surface area contributed by atoms with Gasteiger partial charge in [0.05, 0.1) is 11.4 Å². The number of hydrogen-bond donors (Lipinski definition) is 0. The van der Waals surface area contributed by atoms with E-state index in [4.69, 9.17) is 0 Å². The molecule has 2 aromatic heterocycles. The van der Waals surface area contributed by atoms with Crippen molar-refractivity contribution in [2.45, 2.75) is 13.8 Å². The minimum absolute atomic E-state index is 0.961. The van der Waals surface area contributed by atoms with Crippen molar-refractivity contribution in [2.75, 3.05) is 0 Å². The summed E-state index contributed by atoms with van der Waals surface area (Å²) in [5, 5.41) is 0. The largest absolute Gasteiger partial charge is 0.254 e. The summed E-state index contributed by atoms with van der Waals surface area (Å²) in [5.74, 6) is 0. The van der Waals surface area contributed by atoms with Gasteiger partial charge >= 0.3 is 0 Å². The predicted molar refractivity (Wildman–Crippen MR) is 66.9 cm³/mol. The van der Waals surface area contributed by atoms with Crippen molar-refractivity contribution in [1.82, 2.24) is 9.97 Å². The zero-order chi connectivity index (χ0) is 11.4. The van der Waals surface area contributed by atoms with Gasteiger partial charge in [0, 0.05) is 11.4 Å². The average molecular weight is 210 g/mol. The first-order valence-corrected chi connectivity index (χ1v) is 5.29. The Bertz CT molecular complexity index is 468. The summed E-state index contributed by atoms with van der Waals surface area (Å²) in [6, 6.07) is 12.0. The molecule has 0 saturated carbocycles. The van der Waals surface area contributed by atoms with Crippen LogP contribution in [0.15, 0.2) is 36.4 Å². The van der Waals surface area contributed by atoms with Crippen molar-refractivity contribution in [2.24, 2.45) is 0 Å². The quantitative estimate of drug-likeness (QED) is 0.760. The van der Waals surface area contributed by atoms with Gasteiger partial charge in [-0.1, -0.05) is 12.1 Å². The Kier molecular flexibility index (Phi) is 3.10. The molecule has 16 heavy (non-hydrogen) atoms. The summed E-state index contributed by atoms with van der Waals surface area (Å²) >= 11 is 0. The third kappa shape index (κ3) is 2.76.